The molecule has 1 unspecified atom stereocenters. The second-order valence-corrected chi connectivity index (χ2v) is 13.3. The maximum Gasteiger partial charge on any atom is 0.410 e. The standard InChI is InChI=1S/C34H45N3O4S/c1-4-34(30-17-11-7-12-18-30,28-35(3)42(39,40)32-19-13-8-14-20-32)23-26-36-24-21-31(22-25-36)37(5-2)33(38)41-27-29-15-9-6-10-16-29/h6-20,31H,4-5,21-28H2,1-3H3. The van der Waals surface area contributed by atoms with Gasteiger partial charge in [0.05, 0.1) is 4.90 Å². The van der Waals surface area contributed by atoms with Gasteiger partial charge in [-0.15, -0.1) is 0 Å². The molecular weight excluding hydrogens is 546 g/mol. The van der Waals surface area contributed by atoms with Gasteiger partial charge in [0.15, 0.2) is 0 Å². The Balaban J connectivity index is 1.39. The molecule has 0 aromatic heterocycles. The van der Waals surface area contributed by atoms with Crippen molar-refractivity contribution >= 4 is 16.1 Å². The number of rotatable bonds is 13. The first kappa shape index (κ1) is 31.7. The van der Waals surface area contributed by atoms with Crippen LogP contribution in [0.2, 0.25) is 0 Å². The maximum absolute atomic E-state index is 13.4. The average molecular weight is 592 g/mol. The lowest BCUT2D eigenvalue weighted by atomic mass is 9.75. The van der Waals surface area contributed by atoms with Crippen LogP contribution in [0.3, 0.4) is 0 Å². The molecule has 1 amide bonds. The third kappa shape index (κ3) is 7.79. The van der Waals surface area contributed by atoms with Crippen LogP contribution in [0.25, 0.3) is 0 Å². The molecule has 0 N–H and O–H groups in total. The van der Waals surface area contributed by atoms with Crippen molar-refractivity contribution in [1.82, 2.24) is 14.1 Å². The van der Waals surface area contributed by atoms with E-state index in [4.69, 9.17) is 4.74 Å². The summed E-state index contributed by atoms with van der Waals surface area (Å²) in [6.45, 7) is 8.10. The van der Waals surface area contributed by atoms with Crippen molar-refractivity contribution in [1.29, 1.82) is 0 Å². The summed E-state index contributed by atoms with van der Waals surface area (Å²) >= 11 is 0. The highest BCUT2D eigenvalue weighted by Crippen LogP contribution is 2.35. The van der Waals surface area contributed by atoms with E-state index in [-0.39, 0.29) is 24.2 Å². The Kier molecular flexibility index (Phi) is 11.2. The predicted molar refractivity (Wildman–Crippen MR) is 168 cm³/mol. The van der Waals surface area contributed by atoms with Gasteiger partial charge in [-0.25, -0.2) is 17.5 Å². The summed E-state index contributed by atoms with van der Waals surface area (Å²) in [5, 5.41) is 0. The zero-order chi connectivity index (χ0) is 30.0. The lowest BCUT2D eigenvalue weighted by Gasteiger charge is -2.41. The van der Waals surface area contributed by atoms with Gasteiger partial charge in [-0.3, -0.25) is 0 Å². The molecule has 8 heteroatoms. The summed E-state index contributed by atoms with van der Waals surface area (Å²) < 4.78 is 34.0. The van der Waals surface area contributed by atoms with Crippen molar-refractivity contribution in [3.05, 3.63) is 102 Å². The number of likely N-dealkylation sites (tertiary alicyclic amines) is 1. The minimum absolute atomic E-state index is 0.154. The number of nitrogens with zero attached hydrogens (tertiary/aromatic N) is 3. The first-order chi connectivity index (χ1) is 20.3. The molecule has 0 aliphatic carbocycles. The van der Waals surface area contributed by atoms with E-state index in [0.29, 0.717) is 18.0 Å². The Morgan fingerprint density at radius 3 is 2.05 bits per heavy atom. The molecule has 1 fully saturated rings. The normalized spacial score (nSPS) is 16.2. The van der Waals surface area contributed by atoms with Crippen LogP contribution in [-0.2, 0) is 26.8 Å². The Morgan fingerprint density at radius 1 is 0.905 bits per heavy atom. The largest absolute Gasteiger partial charge is 0.445 e. The van der Waals surface area contributed by atoms with Crippen LogP contribution in [-0.4, -0.2) is 74.4 Å². The molecule has 0 spiro atoms. The lowest BCUT2D eigenvalue weighted by molar-refractivity contribution is 0.0616. The third-order valence-corrected chi connectivity index (χ3v) is 10.5. The first-order valence-corrected chi connectivity index (χ1v) is 16.5. The topological polar surface area (TPSA) is 70.2 Å². The van der Waals surface area contributed by atoms with E-state index in [1.807, 2.05) is 66.4 Å². The summed E-state index contributed by atoms with van der Waals surface area (Å²) in [6, 6.07) is 28.9. The van der Waals surface area contributed by atoms with Crippen LogP contribution in [0.4, 0.5) is 4.79 Å². The number of likely N-dealkylation sites (N-methyl/N-ethyl adjacent to an activating group) is 1. The third-order valence-electron chi connectivity index (χ3n) is 8.72. The number of hydrogen-bond donors (Lipinski definition) is 0. The van der Waals surface area contributed by atoms with Gasteiger partial charge in [-0.2, -0.15) is 0 Å². The van der Waals surface area contributed by atoms with E-state index < -0.39 is 10.0 Å². The molecule has 1 heterocycles. The molecule has 42 heavy (non-hydrogen) atoms. The number of piperidine rings is 1. The molecule has 1 saturated heterocycles. The minimum atomic E-state index is -3.61. The van der Waals surface area contributed by atoms with Gasteiger partial charge in [0.1, 0.15) is 6.61 Å². The smallest absolute Gasteiger partial charge is 0.410 e. The molecule has 3 aromatic carbocycles. The summed E-state index contributed by atoms with van der Waals surface area (Å²) in [5.74, 6) is 0. The summed E-state index contributed by atoms with van der Waals surface area (Å²) in [4.78, 5) is 17.5. The summed E-state index contributed by atoms with van der Waals surface area (Å²) in [7, 11) is -1.92. The van der Waals surface area contributed by atoms with Crippen LogP contribution >= 0.6 is 0 Å². The number of carbonyl (C=O) groups excluding carboxylic acids is 1. The number of sulfonamides is 1. The van der Waals surface area contributed by atoms with E-state index in [9.17, 15) is 13.2 Å². The van der Waals surface area contributed by atoms with Crippen molar-refractivity contribution in [3.63, 3.8) is 0 Å². The van der Waals surface area contributed by atoms with Gasteiger partial charge >= 0.3 is 6.09 Å². The fraction of sp³-hybridized carbons (Fsp3) is 0.441. The molecule has 0 radical (unpaired) electrons. The van der Waals surface area contributed by atoms with Crippen LogP contribution in [0.15, 0.2) is 95.9 Å². The van der Waals surface area contributed by atoms with E-state index in [2.05, 4.69) is 24.0 Å². The first-order valence-electron chi connectivity index (χ1n) is 15.1. The predicted octanol–water partition coefficient (Wildman–Crippen LogP) is 6.17. The Bertz CT molecular complexity index is 1350. The molecule has 7 nitrogen and oxygen atoms in total. The zero-order valence-electron chi connectivity index (χ0n) is 25.2. The van der Waals surface area contributed by atoms with Crippen molar-refractivity contribution in [2.24, 2.45) is 0 Å². The van der Waals surface area contributed by atoms with E-state index in [1.165, 1.54) is 4.31 Å². The molecule has 4 rings (SSSR count). The Labute approximate surface area is 252 Å². The Hall–Kier alpha value is -3.20. The van der Waals surface area contributed by atoms with E-state index in [0.717, 1.165) is 56.4 Å². The molecule has 1 aliphatic heterocycles. The molecule has 3 aromatic rings. The molecule has 0 saturated carbocycles. The molecule has 1 aliphatic rings. The number of hydrogen-bond acceptors (Lipinski definition) is 5. The van der Waals surface area contributed by atoms with E-state index >= 15 is 0 Å². The van der Waals surface area contributed by atoms with Gasteiger partial charge in [-0.1, -0.05) is 85.8 Å². The van der Waals surface area contributed by atoms with Gasteiger partial charge < -0.3 is 14.5 Å². The highest BCUT2D eigenvalue weighted by atomic mass is 32.2. The van der Waals surface area contributed by atoms with Crippen molar-refractivity contribution in [2.45, 2.75) is 62.5 Å². The summed E-state index contributed by atoms with van der Waals surface area (Å²) in [5.41, 5.74) is 1.82. The second-order valence-electron chi connectivity index (χ2n) is 11.2. The fourth-order valence-corrected chi connectivity index (χ4v) is 7.33. The number of carbonyl (C=O) groups is 1. The highest BCUT2D eigenvalue weighted by molar-refractivity contribution is 7.89. The maximum atomic E-state index is 13.4. The number of benzene rings is 3. The van der Waals surface area contributed by atoms with Crippen LogP contribution in [0.1, 0.15) is 50.7 Å². The van der Waals surface area contributed by atoms with E-state index in [1.54, 1.807) is 31.3 Å². The lowest BCUT2D eigenvalue weighted by Crippen LogP contribution is -2.49. The second kappa shape index (κ2) is 14.8. The van der Waals surface area contributed by atoms with Gasteiger partial charge in [0.25, 0.3) is 0 Å². The minimum Gasteiger partial charge on any atom is -0.445 e. The van der Waals surface area contributed by atoms with Crippen LogP contribution in [0, 0.1) is 0 Å². The Morgan fingerprint density at radius 2 is 1.48 bits per heavy atom. The number of amides is 1. The molecule has 1 atom stereocenters. The quantitative estimate of drug-likeness (QED) is 0.238. The van der Waals surface area contributed by atoms with Crippen molar-refractivity contribution in [3.8, 4) is 0 Å². The van der Waals surface area contributed by atoms with Gasteiger partial charge in [0, 0.05) is 44.7 Å². The molecule has 226 valence electrons. The monoisotopic (exact) mass is 591 g/mol. The number of ether oxygens (including phenoxy) is 1. The zero-order valence-corrected chi connectivity index (χ0v) is 26.0. The summed E-state index contributed by atoms with van der Waals surface area (Å²) in [6.07, 6.45) is 3.18. The van der Waals surface area contributed by atoms with Gasteiger partial charge in [0.2, 0.25) is 10.0 Å². The molecule has 0 bridgehead atoms. The SMILES string of the molecule is CCN(C(=O)OCc1ccccc1)C1CCN(CCC(CC)(CN(C)S(=O)(=O)c2ccccc2)c2ccccc2)CC1. The molecular formula is C34H45N3O4S. The van der Waals surface area contributed by atoms with Crippen LogP contribution < -0.4 is 0 Å². The van der Waals surface area contributed by atoms with Crippen LogP contribution in [0.5, 0.6) is 0 Å². The van der Waals surface area contributed by atoms with Crippen molar-refractivity contribution in [2.75, 3.05) is 39.8 Å². The average Bonchev–Trinajstić information content (AvgIpc) is 3.04. The fourth-order valence-electron chi connectivity index (χ4n) is 6.05. The van der Waals surface area contributed by atoms with Crippen molar-refractivity contribution < 1.29 is 17.9 Å². The highest BCUT2D eigenvalue weighted by Gasteiger charge is 2.36. The van der Waals surface area contributed by atoms with Gasteiger partial charge in [-0.05, 0) is 62.4 Å².